The minimum Gasteiger partial charge on any atom is -0.310 e. The summed E-state index contributed by atoms with van der Waals surface area (Å²) in [5, 5.41) is 3.03. The molecular weight excluding hydrogens is 271 g/mol. The molecule has 1 aromatic rings. The van der Waals surface area contributed by atoms with Crippen LogP contribution < -0.4 is 5.32 Å². The van der Waals surface area contributed by atoms with Gasteiger partial charge in [-0.25, -0.2) is 0 Å². The Hall–Kier alpha value is -0.680. The lowest BCUT2D eigenvalue weighted by Gasteiger charge is -2.16. The average Bonchev–Trinajstić information content (AvgIpc) is 2.33. The Bertz CT molecular complexity index is 402. The summed E-state index contributed by atoms with van der Waals surface area (Å²) in [6.07, 6.45) is -3.35. The summed E-state index contributed by atoms with van der Waals surface area (Å²) in [6.45, 7) is 6.08. The van der Waals surface area contributed by atoms with Crippen LogP contribution in [0.3, 0.4) is 0 Å². The molecule has 0 spiro atoms. The second-order valence-electron chi connectivity index (χ2n) is 4.70. The van der Waals surface area contributed by atoms with Gasteiger partial charge in [0.15, 0.2) is 0 Å². The summed E-state index contributed by atoms with van der Waals surface area (Å²) in [7, 11) is 0. The highest BCUT2D eigenvalue weighted by Crippen LogP contribution is 2.35. The van der Waals surface area contributed by atoms with Gasteiger partial charge in [-0.05, 0) is 29.9 Å². The number of rotatable bonds is 6. The molecule has 0 saturated carbocycles. The van der Waals surface area contributed by atoms with Crippen molar-refractivity contribution in [2.75, 3.05) is 5.75 Å². The minimum absolute atomic E-state index is 0.162. The maximum absolute atomic E-state index is 13.0. The van der Waals surface area contributed by atoms with Gasteiger partial charge >= 0.3 is 6.18 Å². The maximum Gasteiger partial charge on any atom is 0.416 e. The van der Waals surface area contributed by atoms with Gasteiger partial charge in [0.1, 0.15) is 0 Å². The Morgan fingerprint density at radius 1 is 1.26 bits per heavy atom. The lowest BCUT2D eigenvalue weighted by molar-refractivity contribution is -0.138. The minimum atomic E-state index is -4.29. The molecule has 5 heteroatoms. The molecule has 1 N–H and O–H groups in total. The van der Waals surface area contributed by atoms with E-state index in [2.05, 4.69) is 5.32 Å². The van der Waals surface area contributed by atoms with E-state index in [4.69, 9.17) is 0 Å². The Morgan fingerprint density at radius 3 is 2.47 bits per heavy atom. The van der Waals surface area contributed by atoms with Gasteiger partial charge in [-0.15, -0.1) is 11.8 Å². The van der Waals surface area contributed by atoms with Crippen molar-refractivity contribution in [3.8, 4) is 0 Å². The summed E-state index contributed by atoms with van der Waals surface area (Å²) in [4.78, 5) is 0.683. The number of thioether (sulfide) groups is 1. The van der Waals surface area contributed by atoms with Gasteiger partial charge < -0.3 is 5.32 Å². The fourth-order valence-electron chi connectivity index (χ4n) is 1.60. The van der Waals surface area contributed by atoms with Crippen LogP contribution in [-0.4, -0.2) is 11.8 Å². The molecule has 0 heterocycles. The molecule has 0 aliphatic rings. The van der Waals surface area contributed by atoms with Crippen LogP contribution >= 0.6 is 11.8 Å². The largest absolute Gasteiger partial charge is 0.416 e. The quantitative estimate of drug-likeness (QED) is 0.762. The first-order valence-electron chi connectivity index (χ1n) is 6.41. The van der Waals surface area contributed by atoms with Crippen molar-refractivity contribution < 1.29 is 13.2 Å². The average molecular weight is 291 g/mol. The Morgan fingerprint density at radius 2 is 1.95 bits per heavy atom. The topological polar surface area (TPSA) is 12.0 Å². The third-order valence-corrected chi connectivity index (χ3v) is 3.76. The Balaban J connectivity index is 2.96. The fraction of sp³-hybridized carbons (Fsp3) is 0.571. The highest BCUT2D eigenvalue weighted by atomic mass is 32.2. The summed E-state index contributed by atoms with van der Waals surface area (Å²) in [6, 6.07) is 4.77. The molecule has 1 aromatic carbocycles. The van der Waals surface area contributed by atoms with Crippen molar-refractivity contribution in [3.05, 3.63) is 29.3 Å². The third kappa shape index (κ3) is 5.45. The molecule has 0 unspecified atom stereocenters. The van der Waals surface area contributed by atoms with Crippen LogP contribution in [0.2, 0.25) is 0 Å². The SMILES string of the molecule is CCCSc1ccc(CNC(C)C)c(C(F)(F)F)c1. The standard InChI is InChI=1S/C14H20F3NS/c1-4-7-19-12-6-5-11(9-18-10(2)3)13(8-12)14(15,16)17/h5-6,8,10,18H,4,7,9H2,1-3H3. The Kier molecular flexibility index (Phi) is 6.20. The van der Waals surface area contributed by atoms with Crippen LogP contribution in [0.25, 0.3) is 0 Å². The molecular formula is C14H20F3NS. The fourth-order valence-corrected chi connectivity index (χ4v) is 2.40. The predicted octanol–water partition coefficient (Wildman–Crippen LogP) is 4.71. The molecule has 19 heavy (non-hydrogen) atoms. The zero-order chi connectivity index (χ0) is 14.5. The first-order chi connectivity index (χ1) is 8.84. The van der Waals surface area contributed by atoms with Gasteiger partial charge in [0.2, 0.25) is 0 Å². The first kappa shape index (κ1) is 16.4. The van der Waals surface area contributed by atoms with E-state index in [1.54, 1.807) is 12.1 Å². The smallest absolute Gasteiger partial charge is 0.310 e. The van der Waals surface area contributed by atoms with Crippen molar-refractivity contribution in [2.45, 2.75) is 50.9 Å². The van der Waals surface area contributed by atoms with Crippen LogP contribution in [0, 0.1) is 0 Å². The lowest BCUT2D eigenvalue weighted by Crippen LogP contribution is -2.23. The normalized spacial score (nSPS) is 12.2. The number of alkyl halides is 3. The maximum atomic E-state index is 13.0. The molecule has 0 saturated heterocycles. The predicted molar refractivity (Wildman–Crippen MR) is 74.4 cm³/mol. The molecule has 0 aliphatic heterocycles. The summed E-state index contributed by atoms with van der Waals surface area (Å²) >= 11 is 1.46. The Labute approximate surface area is 117 Å². The van der Waals surface area contributed by atoms with Crippen LogP contribution in [0.5, 0.6) is 0 Å². The molecule has 0 aromatic heterocycles. The van der Waals surface area contributed by atoms with Crippen LogP contribution in [0.1, 0.15) is 38.3 Å². The van der Waals surface area contributed by atoms with E-state index in [1.165, 1.54) is 17.8 Å². The van der Waals surface area contributed by atoms with Crippen LogP contribution in [-0.2, 0) is 12.7 Å². The second-order valence-corrected chi connectivity index (χ2v) is 5.87. The summed E-state index contributed by atoms with van der Waals surface area (Å²) in [5.74, 6) is 0.834. The van der Waals surface area contributed by atoms with E-state index in [1.807, 2.05) is 20.8 Å². The van der Waals surface area contributed by atoms with Crippen molar-refractivity contribution in [1.82, 2.24) is 5.32 Å². The van der Waals surface area contributed by atoms with Crippen molar-refractivity contribution in [1.29, 1.82) is 0 Å². The molecule has 0 fully saturated rings. The van der Waals surface area contributed by atoms with Crippen molar-refractivity contribution >= 4 is 11.8 Å². The van der Waals surface area contributed by atoms with Gasteiger partial charge in [0.05, 0.1) is 5.56 Å². The molecule has 108 valence electrons. The molecule has 1 rings (SSSR count). The van der Waals surface area contributed by atoms with Crippen LogP contribution in [0.15, 0.2) is 23.1 Å². The monoisotopic (exact) mass is 291 g/mol. The van der Waals surface area contributed by atoms with Gasteiger partial charge in [-0.1, -0.05) is 26.8 Å². The number of benzene rings is 1. The van der Waals surface area contributed by atoms with E-state index in [0.717, 1.165) is 12.2 Å². The van der Waals surface area contributed by atoms with Crippen molar-refractivity contribution in [2.24, 2.45) is 0 Å². The van der Waals surface area contributed by atoms with Gasteiger partial charge in [0.25, 0.3) is 0 Å². The molecule has 0 aliphatic carbocycles. The van der Waals surface area contributed by atoms with E-state index in [9.17, 15) is 13.2 Å². The molecule has 1 nitrogen and oxygen atoms in total. The molecule has 0 radical (unpaired) electrons. The van der Waals surface area contributed by atoms with E-state index >= 15 is 0 Å². The third-order valence-electron chi connectivity index (χ3n) is 2.56. The first-order valence-corrected chi connectivity index (χ1v) is 7.39. The van der Waals surface area contributed by atoms with Crippen molar-refractivity contribution in [3.63, 3.8) is 0 Å². The number of halogens is 3. The van der Waals surface area contributed by atoms with E-state index < -0.39 is 11.7 Å². The molecule has 0 amide bonds. The number of hydrogen-bond donors (Lipinski definition) is 1. The molecule has 0 bridgehead atoms. The second kappa shape index (κ2) is 7.20. The lowest BCUT2D eigenvalue weighted by atomic mass is 10.1. The van der Waals surface area contributed by atoms with Crippen LogP contribution in [0.4, 0.5) is 13.2 Å². The highest BCUT2D eigenvalue weighted by molar-refractivity contribution is 7.99. The summed E-state index contributed by atoms with van der Waals surface area (Å²) in [5.41, 5.74) is -0.219. The van der Waals surface area contributed by atoms with Gasteiger partial charge in [-0.3, -0.25) is 0 Å². The van der Waals surface area contributed by atoms with Gasteiger partial charge in [0, 0.05) is 17.5 Å². The molecule has 0 atom stereocenters. The zero-order valence-corrected chi connectivity index (χ0v) is 12.3. The summed E-state index contributed by atoms with van der Waals surface area (Å²) < 4.78 is 39.1. The van der Waals surface area contributed by atoms with E-state index in [0.29, 0.717) is 10.5 Å². The van der Waals surface area contributed by atoms with Gasteiger partial charge in [-0.2, -0.15) is 13.2 Å². The van der Waals surface area contributed by atoms with E-state index in [-0.39, 0.29) is 12.6 Å². The zero-order valence-electron chi connectivity index (χ0n) is 11.5. The highest BCUT2D eigenvalue weighted by Gasteiger charge is 2.33. The number of nitrogens with one attached hydrogen (secondary N) is 1. The number of hydrogen-bond acceptors (Lipinski definition) is 2.